The number of hydrogen-bond acceptors (Lipinski definition) is 1. The Kier molecular flexibility index (Phi) is 3.27. The molecule has 0 heterocycles. The fourth-order valence-corrected chi connectivity index (χ4v) is 3.48. The van der Waals surface area contributed by atoms with Crippen molar-refractivity contribution in [3.8, 4) is 0 Å². The van der Waals surface area contributed by atoms with Crippen LogP contribution in [0.5, 0.6) is 0 Å². The summed E-state index contributed by atoms with van der Waals surface area (Å²) >= 11 is 0. The monoisotopic (exact) mass is 286 g/mol. The van der Waals surface area contributed by atoms with Gasteiger partial charge in [0.1, 0.15) is 0 Å². The Bertz CT molecular complexity index is 861. The third kappa shape index (κ3) is 2.23. The molecule has 108 valence electrons. The average Bonchev–Trinajstić information content (AvgIpc) is 2.60. The predicted molar refractivity (Wildman–Crippen MR) is 90.5 cm³/mol. The van der Waals surface area contributed by atoms with E-state index < -0.39 is 0 Å². The third-order valence-electron chi connectivity index (χ3n) is 4.65. The number of rotatable bonds is 2. The minimum Gasteiger partial charge on any atom is -0.289 e. The van der Waals surface area contributed by atoms with Gasteiger partial charge in [-0.1, -0.05) is 54.6 Å². The van der Waals surface area contributed by atoms with E-state index in [1.165, 1.54) is 29.4 Å². The van der Waals surface area contributed by atoms with Gasteiger partial charge in [-0.3, -0.25) is 4.79 Å². The molecule has 3 aromatic carbocycles. The summed E-state index contributed by atoms with van der Waals surface area (Å²) in [6, 6.07) is 20.4. The van der Waals surface area contributed by atoms with Crippen molar-refractivity contribution in [1.29, 1.82) is 0 Å². The first-order valence-electron chi connectivity index (χ1n) is 7.97. The summed E-state index contributed by atoms with van der Waals surface area (Å²) in [7, 11) is 0. The van der Waals surface area contributed by atoms with E-state index in [4.69, 9.17) is 0 Å². The lowest BCUT2D eigenvalue weighted by Crippen LogP contribution is -2.11. The molecule has 1 heteroatoms. The number of ketones is 1. The van der Waals surface area contributed by atoms with Gasteiger partial charge in [0.05, 0.1) is 0 Å². The van der Waals surface area contributed by atoms with Crippen LogP contribution in [0.1, 0.15) is 39.9 Å². The molecule has 0 radical (unpaired) electrons. The van der Waals surface area contributed by atoms with E-state index in [0.717, 1.165) is 29.4 Å². The summed E-state index contributed by atoms with van der Waals surface area (Å²) in [6.45, 7) is 0. The Labute approximate surface area is 130 Å². The Morgan fingerprint density at radius 2 is 1.59 bits per heavy atom. The normalized spacial score (nSPS) is 13.8. The maximum atomic E-state index is 13.0. The second-order valence-corrected chi connectivity index (χ2v) is 6.04. The summed E-state index contributed by atoms with van der Waals surface area (Å²) in [5, 5.41) is 2.30. The number of hydrogen-bond donors (Lipinski definition) is 0. The van der Waals surface area contributed by atoms with Crippen LogP contribution in [0.15, 0.2) is 60.7 Å². The molecule has 0 amide bonds. The fraction of sp³-hybridized carbons (Fsp3) is 0.190. The van der Waals surface area contributed by atoms with Gasteiger partial charge in [-0.15, -0.1) is 0 Å². The van der Waals surface area contributed by atoms with Gasteiger partial charge in [-0.25, -0.2) is 0 Å². The molecule has 3 aromatic rings. The number of aryl methyl sites for hydroxylation is 1. The highest BCUT2D eigenvalue weighted by Gasteiger charge is 2.18. The molecule has 0 aromatic heterocycles. The minimum atomic E-state index is 0.157. The van der Waals surface area contributed by atoms with Gasteiger partial charge in [0, 0.05) is 11.1 Å². The Hall–Kier alpha value is -2.41. The maximum absolute atomic E-state index is 13.0. The highest BCUT2D eigenvalue weighted by Crippen LogP contribution is 2.27. The Balaban J connectivity index is 1.80. The standard InChI is InChI=1S/C21H18O/c22-21(18-13-12-15-6-1-2-8-17(15)14-18)20-11-5-9-16-7-3-4-10-19(16)20/h1-2,5-6,8-9,11-14H,3-4,7,10H2. The molecule has 0 fully saturated rings. The molecule has 4 rings (SSSR count). The average molecular weight is 286 g/mol. The smallest absolute Gasteiger partial charge is 0.193 e. The molecule has 22 heavy (non-hydrogen) atoms. The molecule has 0 unspecified atom stereocenters. The van der Waals surface area contributed by atoms with E-state index >= 15 is 0 Å². The number of carbonyl (C=O) groups is 1. The molecular weight excluding hydrogens is 268 g/mol. The summed E-state index contributed by atoms with van der Waals surface area (Å²) in [5.74, 6) is 0.157. The predicted octanol–water partition coefficient (Wildman–Crippen LogP) is 4.95. The van der Waals surface area contributed by atoms with Crippen molar-refractivity contribution in [2.45, 2.75) is 25.7 Å². The third-order valence-corrected chi connectivity index (χ3v) is 4.65. The van der Waals surface area contributed by atoms with E-state index in [0.29, 0.717) is 0 Å². The topological polar surface area (TPSA) is 17.1 Å². The lowest BCUT2D eigenvalue weighted by molar-refractivity contribution is 0.103. The Morgan fingerprint density at radius 1 is 0.773 bits per heavy atom. The van der Waals surface area contributed by atoms with E-state index in [9.17, 15) is 4.79 Å². The summed E-state index contributed by atoms with van der Waals surface area (Å²) in [5.41, 5.74) is 4.31. The van der Waals surface area contributed by atoms with Crippen LogP contribution < -0.4 is 0 Å². The molecule has 0 saturated carbocycles. The van der Waals surface area contributed by atoms with Gasteiger partial charge in [0.25, 0.3) is 0 Å². The molecule has 0 spiro atoms. The van der Waals surface area contributed by atoms with Gasteiger partial charge >= 0.3 is 0 Å². The Morgan fingerprint density at radius 3 is 2.50 bits per heavy atom. The molecule has 0 saturated heterocycles. The molecule has 0 N–H and O–H groups in total. The zero-order valence-electron chi connectivity index (χ0n) is 12.5. The molecule has 1 aliphatic carbocycles. The van der Waals surface area contributed by atoms with Crippen LogP contribution in [0.3, 0.4) is 0 Å². The van der Waals surface area contributed by atoms with Crippen LogP contribution in [0, 0.1) is 0 Å². The second kappa shape index (κ2) is 5.42. The van der Waals surface area contributed by atoms with Crippen LogP contribution in [-0.4, -0.2) is 5.78 Å². The first kappa shape index (κ1) is 13.3. The molecule has 0 aliphatic heterocycles. The van der Waals surface area contributed by atoms with Crippen molar-refractivity contribution in [1.82, 2.24) is 0 Å². The molecule has 0 atom stereocenters. The van der Waals surface area contributed by atoms with Gasteiger partial charge in [-0.05, 0) is 53.6 Å². The number of carbonyl (C=O) groups excluding carboxylic acids is 1. The molecule has 1 nitrogen and oxygen atoms in total. The molecule has 0 bridgehead atoms. The lowest BCUT2D eigenvalue weighted by Gasteiger charge is -2.18. The highest BCUT2D eigenvalue weighted by molar-refractivity contribution is 6.11. The zero-order valence-corrected chi connectivity index (χ0v) is 12.5. The SMILES string of the molecule is O=C(c1ccc2ccccc2c1)c1cccc2c1CCCC2. The van der Waals surface area contributed by atoms with Gasteiger partial charge in [-0.2, -0.15) is 0 Å². The van der Waals surface area contributed by atoms with Crippen LogP contribution >= 0.6 is 0 Å². The first-order valence-corrected chi connectivity index (χ1v) is 7.97. The second-order valence-electron chi connectivity index (χ2n) is 6.04. The zero-order chi connectivity index (χ0) is 14.9. The minimum absolute atomic E-state index is 0.157. The van der Waals surface area contributed by atoms with Crippen molar-refractivity contribution in [3.63, 3.8) is 0 Å². The van der Waals surface area contributed by atoms with Crippen LogP contribution in [0.2, 0.25) is 0 Å². The lowest BCUT2D eigenvalue weighted by atomic mass is 9.85. The van der Waals surface area contributed by atoms with Crippen molar-refractivity contribution in [3.05, 3.63) is 82.9 Å². The van der Waals surface area contributed by atoms with Crippen LogP contribution in [-0.2, 0) is 12.8 Å². The summed E-state index contributed by atoms with van der Waals surface area (Å²) in [4.78, 5) is 13.0. The van der Waals surface area contributed by atoms with Crippen molar-refractivity contribution in [2.24, 2.45) is 0 Å². The van der Waals surface area contributed by atoms with Gasteiger partial charge in [0.2, 0.25) is 0 Å². The van der Waals surface area contributed by atoms with Crippen molar-refractivity contribution < 1.29 is 4.79 Å². The van der Waals surface area contributed by atoms with E-state index in [-0.39, 0.29) is 5.78 Å². The molecule has 1 aliphatic rings. The highest BCUT2D eigenvalue weighted by atomic mass is 16.1. The summed E-state index contributed by atoms with van der Waals surface area (Å²) in [6.07, 6.45) is 4.56. The maximum Gasteiger partial charge on any atom is 0.193 e. The quantitative estimate of drug-likeness (QED) is 0.609. The van der Waals surface area contributed by atoms with E-state index in [1.54, 1.807) is 0 Å². The molecular formula is C21H18O. The number of benzene rings is 3. The fourth-order valence-electron chi connectivity index (χ4n) is 3.48. The van der Waals surface area contributed by atoms with Gasteiger partial charge in [0.15, 0.2) is 5.78 Å². The van der Waals surface area contributed by atoms with Crippen molar-refractivity contribution in [2.75, 3.05) is 0 Å². The van der Waals surface area contributed by atoms with Crippen molar-refractivity contribution >= 4 is 16.6 Å². The van der Waals surface area contributed by atoms with Crippen LogP contribution in [0.4, 0.5) is 0 Å². The van der Waals surface area contributed by atoms with E-state index in [2.05, 4.69) is 18.2 Å². The summed E-state index contributed by atoms with van der Waals surface area (Å²) < 4.78 is 0. The van der Waals surface area contributed by atoms with E-state index in [1.807, 2.05) is 42.5 Å². The first-order chi connectivity index (χ1) is 10.8. The number of fused-ring (bicyclic) bond motifs is 2. The van der Waals surface area contributed by atoms with Crippen LogP contribution in [0.25, 0.3) is 10.8 Å². The largest absolute Gasteiger partial charge is 0.289 e. The van der Waals surface area contributed by atoms with Gasteiger partial charge < -0.3 is 0 Å².